The van der Waals surface area contributed by atoms with E-state index in [-0.39, 0.29) is 5.56 Å². The molecule has 0 aromatic heterocycles. The number of carboxylic acids is 1. The SMILES string of the molecule is C[P+](C)(C)Cc1ccccc1.O=C([O-])c1ccccc1. The first kappa shape index (κ1) is 16.4. The number of carbonyl (C=O) groups excluding carboxylic acids is 1. The third-order valence-corrected chi connectivity index (χ3v) is 3.82. The molecule has 0 amide bonds. The van der Waals surface area contributed by atoms with E-state index in [1.807, 2.05) is 0 Å². The fourth-order valence-corrected chi connectivity index (χ4v) is 3.01. The van der Waals surface area contributed by atoms with Crippen molar-refractivity contribution in [3.63, 3.8) is 0 Å². The Labute approximate surface area is 121 Å². The van der Waals surface area contributed by atoms with Crippen molar-refractivity contribution in [1.29, 1.82) is 0 Å². The average molecular weight is 288 g/mol. The fourth-order valence-electron chi connectivity index (χ4n) is 1.71. The van der Waals surface area contributed by atoms with Gasteiger partial charge in [0.15, 0.2) is 0 Å². The summed E-state index contributed by atoms with van der Waals surface area (Å²) >= 11 is 0. The summed E-state index contributed by atoms with van der Waals surface area (Å²) in [6.45, 7) is 7.12. The highest BCUT2D eigenvalue weighted by atomic mass is 31.2. The monoisotopic (exact) mass is 288 g/mol. The first-order chi connectivity index (χ1) is 9.38. The van der Waals surface area contributed by atoms with Crippen LogP contribution in [-0.2, 0) is 6.16 Å². The van der Waals surface area contributed by atoms with Gasteiger partial charge in [0.2, 0.25) is 0 Å². The quantitative estimate of drug-likeness (QED) is 0.814. The fraction of sp³-hybridized carbons (Fsp3) is 0.235. The van der Waals surface area contributed by atoms with Crippen LogP contribution in [0.1, 0.15) is 15.9 Å². The van der Waals surface area contributed by atoms with Crippen LogP contribution in [0.3, 0.4) is 0 Å². The first-order valence-corrected chi connectivity index (χ1v) is 9.81. The van der Waals surface area contributed by atoms with Gasteiger partial charge in [-0.25, -0.2) is 0 Å². The Morgan fingerprint density at radius 3 is 1.70 bits per heavy atom. The van der Waals surface area contributed by atoms with Crippen LogP contribution in [0.4, 0.5) is 0 Å². The minimum absolute atomic E-state index is 0.220. The van der Waals surface area contributed by atoms with Crippen molar-refractivity contribution in [2.45, 2.75) is 6.16 Å². The summed E-state index contributed by atoms with van der Waals surface area (Å²) in [5.74, 6) is -1.13. The lowest BCUT2D eigenvalue weighted by Crippen LogP contribution is -2.21. The third kappa shape index (κ3) is 7.06. The highest BCUT2D eigenvalue weighted by Crippen LogP contribution is 2.49. The molecule has 0 aliphatic heterocycles. The second kappa shape index (κ2) is 7.81. The van der Waals surface area contributed by atoms with Crippen molar-refractivity contribution < 1.29 is 9.90 Å². The van der Waals surface area contributed by atoms with Crippen LogP contribution in [0.25, 0.3) is 0 Å². The predicted molar refractivity (Wildman–Crippen MR) is 85.6 cm³/mol. The Hall–Kier alpha value is -1.66. The molecule has 0 atom stereocenters. The standard InChI is InChI=1S/C10H16P.C7H6O2/c1-11(2,3)9-10-7-5-4-6-8-10;8-7(9)6-4-2-1-3-5-6/h4-8H,9H2,1-3H3;1-5H,(H,8,9)/q+1;/p-1. The zero-order valence-corrected chi connectivity index (χ0v) is 13.1. The minimum Gasteiger partial charge on any atom is -0.545 e. The summed E-state index contributed by atoms with van der Waals surface area (Å²) in [5.41, 5.74) is 1.70. The van der Waals surface area contributed by atoms with E-state index in [1.165, 1.54) is 23.9 Å². The lowest BCUT2D eigenvalue weighted by atomic mass is 10.2. The van der Waals surface area contributed by atoms with Crippen LogP contribution in [-0.4, -0.2) is 26.0 Å². The van der Waals surface area contributed by atoms with Crippen LogP contribution in [0.5, 0.6) is 0 Å². The lowest BCUT2D eigenvalue weighted by Gasteiger charge is -2.10. The Bertz CT molecular complexity index is 516. The molecule has 0 heterocycles. The molecule has 0 bridgehead atoms. The maximum absolute atomic E-state index is 10.1. The molecule has 2 rings (SSSR count). The van der Waals surface area contributed by atoms with Crippen molar-refractivity contribution in [2.75, 3.05) is 20.0 Å². The molecule has 2 aromatic carbocycles. The first-order valence-electron chi connectivity index (χ1n) is 6.49. The zero-order valence-electron chi connectivity index (χ0n) is 12.2. The van der Waals surface area contributed by atoms with Gasteiger partial charge in [-0.2, -0.15) is 0 Å². The minimum atomic E-state index is -1.13. The molecule has 2 aromatic rings. The summed E-state index contributed by atoms with van der Waals surface area (Å²) in [6.07, 6.45) is 1.27. The number of aromatic carboxylic acids is 1. The van der Waals surface area contributed by atoms with E-state index in [4.69, 9.17) is 0 Å². The Balaban J connectivity index is 0.000000204. The second-order valence-electron chi connectivity index (χ2n) is 5.59. The van der Waals surface area contributed by atoms with Crippen molar-refractivity contribution in [2.24, 2.45) is 0 Å². The normalized spacial score (nSPS) is 10.3. The van der Waals surface area contributed by atoms with Crippen LogP contribution >= 0.6 is 7.26 Å². The molecule has 2 nitrogen and oxygen atoms in total. The van der Waals surface area contributed by atoms with Gasteiger partial charge in [-0.05, 0) is 11.1 Å². The molecule has 0 aliphatic rings. The van der Waals surface area contributed by atoms with Gasteiger partial charge in [-0.3, -0.25) is 0 Å². The van der Waals surface area contributed by atoms with Gasteiger partial charge in [-0.1, -0.05) is 60.7 Å². The van der Waals surface area contributed by atoms with Crippen LogP contribution < -0.4 is 5.11 Å². The molecule has 0 saturated carbocycles. The molecule has 3 heteroatoms. The highest BCUT2D eigenvalue weighted by Gasteiger charge is 2.16. The molecule has 0 fully saturated rings. The largest absolute Gasteiger partial charge is 0.545 e. The van der Waals surface area contributed by atoms with Crippen molar-refractivity contribution in [3.05, 3.63) is 71.8 Å². The van der Waals surface area contributed by atoms with Gasteiger partial charge in [0, 0.05) is 27.3 Å². The van der Waals surface area contributed by atoms with E-state index >= 15 is 0 Å². The average Bonchev–Trinajstić information content (AvgIpc) is 2.40. The van der Waals surface area contributed by atoms with E-state index in [2.05, 4.69) is 50.3 Å². The number of carbonyl (C=O) groups is 1. The van der Waals surface area contributed by atoms with Gasteiger partial charge in [0.05, 0.1) is 12.1 Å². The van der Waals surface area contributed by atoms with E-state index < -0.39 is 13.2 Å². The molecular weight excluding hydrogens is 267 g/mol. The Morgan fingerprint density at radius 1 is 0.900 bits per heavy atom. The molecule has 0 N–H and O–H groups in total. The van der Waals surface area contributed by atoms with Gasteiger partial charge in [-0.15, -0.1) is 0 Å². The molecule has 0 radical (unpaired) electrons. The summed E-state index contributed by atoms with van der Waals surface area (Å²) in [7, 11) is -0.638. The summed E-state index contributed by atoms with van der Waals surface area (Å²) in [6, 6.07) is 18.8. The molecule has 20 heavy (non-hydrogen) atoms. The van der Waals surface area contributed by atoms with Crippen molar-refractivity contribution >= 4 is 13.2 Å². The van der Waals surface area contributed by atoms with Crippen molar-refractivity contribution in [3.8, 4) is 0 Å². The van der Waals surface area contributed by atoms with E-state index in [9.17, 15) is 9.90 Å². The predicted octanol–water partition coefficient (Wildman–Crippen LogP) is 3.14. The lowest BCUT2D eigenvalue weighted by molar-refractivity contribution is -0.255. The maximum atomic E-state index is 10.1. The van der Waals surface area contributed by atoms with E-state index in [0.717, 1.165) is 0 Å². The number of carboxylic acid groups (broad SMARTS) is 1. The number of rotatable bonds is 3. The highest BCUT2D eigenvalue weighted by molar-refractivity contribution is 7.72. The molecule has 106 valence electrons. The molecule has 0 aliphatic carbocycles. The Kier molecular flexibility index (Phi) is 6.41. The van der Waals surface area contributed by atoms with Gasteiger partial charge in [0.25, 0.3) is 0 Å². The summed E-state index contributed by atoms with van der Waals surface area (Å²) in [5, 5.41) is 10.1. The summed E-state index contributed by atoms with van der Waals surface area (Å²) in [4.78, 5) is 10.1. The Morgan fingerprint density at radius 2 is 1.35 bits per heavy atom. The van der Waals surface area contributed by atoms with Crippen molar-refractivity contribution in [1.82, 2.24) is 0 Å². The van der Waals surface area contributed by atoms with Crippen LogP contribution in [0.2, 0.25) is 0 Å². The maximum Gasteiger partial charge on any atom is 0.0834 e. The van der Waals surface area contributed by atoms with Crippen LogP contribution in [0.15, 0.2) is 60.7 Å². The molecule has 0 spiro atoms. The molecule has 0 saturated heterocycles. The molecule has 0 unspecified atom stereocenters. The number of benzene rings is 2. The van der Waals surface area contributed by atoms with Gasteiger partial charge >= 0.3 is 0 Å². The zero-order chi connectivity index (χ0) is 15.0. The van der Waals surface area contributed by atoms with Gasteiger partial charge in [0.1, 0.15) is 0 Å². The van der Waals surface area contributed by atoms with E-state index in [1.54, 1.807) is 18.2 Å². The number of hydrogen-bond donors (Lipinski definition) is 0. The summed E-state index contributed by atoms with van der Waals surface area (Å²) < 4.78 is 0. The van der Waals surface area contributed by atoms with Gasteiger partial charge < -0.3 is 9.90 Å². The number of hydrogen-bond acceptors (Lipinski definition) is 2. The smallest absolute Gasteiger partial charge is 0.0834 e. The van der Waals surface area contributed by atoms with E-state index in [0.29, 0.717) is 0 Å². The second-order valence-corrected chi connectivity index (χ2v) is 10.5. The molecular formula is C17H21O2P. The third-order valence-electron chi connectivity index (χ3n) is 2.51. The topological polar surface area (TPSA) is 40.1 Å². The van der Waals surface area contributed by atoms with Crippen LogP contribution in [0, 0.1) is 0 Å².